The van der Waals surface area contributed by atoms with Crippen LogP contribution < -0.4 is 10.0 Å². The lowest BCUT2D eigenvalue weighted by Gasteiger charge is -2.28. The molecule has 160 valence electrons. The molecular formula is C22H25ClN2O4S. The van der Waals surface area contributed by atoms with E-state index in [4.69, 9.17) is 16.7 Å². The average molecular weight is 449 g/mol. The molecule has 0 saturated carbocycles. The number of halogens is 1. The van der Waals surface area contributed by atoms with Crippen LogP contribution in [0.2, 0.25) is 5.15 Å². The summed E-state index contributed by atoms with van der Waals surface area (Å²) >= 11 is 7.84. The number of quaternary nitrogens is 1. The number of carboxylic acids is 2. The van der Waals surface area contributed by atoms with E-state index in [0.717, 1.165) is 5.03 Å². The van der Waals surface area contributed by atoms with Gasteiger partial charge in [0.05, 0.1) is 30.6 Å². The van der Waals surface area contributed by atoms with Gasteiger partial charge < -0.3 is 19.9 Å². The number of rotatable bonds is 7. The van der Waals surface area contributed by atoms with Crippen LogP contribution in [0.4, 0.5) is 0 Å². The fourth-order valence-corrected chi connectivity index (χ4v) is 4.43. The Labute approximate surface area is 185 Å². The maximum absolute atomic E-state index is 9.53. The molecule has 2 N–H and O–H groups in total. The first-order chi connectivity index (χ1) is 14.4. The van der Waals surface area contributed by atoms with E-state index in [-0.39, 0.29) is 0 Å². The minimum absolute atomic E-state index is 0.447. The molecule has 8 heteroatoms. The molecule has 0 aliphatic carbocycles. The van der Waals surface area contributed by atoms with Gasteiger partial charge in [0, 0.05) is 30.6 Å². The minimum atomic E-state index is -1.51. The number of carboxylic acid groups (broad SMARTS) is 2. The van der Waals surface area contributed by atoms with Crippen molar-refractivity contribution in [1.82, 2.24) is 4.98 Å². The van der Waals surface area contributed by atoms with Crippen molar-refractivity contribution in [3.05, 3.63) is 71.4 Å². The summed E-state index contributed by atoms with van der Waals surface area (Å²) in [6.07, 6.45) is 4.66. The summed E-state index contributed by atoms with van der Waals surface area (Å²) in [5, 5.41) is 19.6. The molecule has 30 heavy (non-hydrogen) atoms. The van der Waals surface area contributed by atoms with Gasteiger partial charge in [-0.2, -0.15) is 0 Å². The Hall–Kier alpha value is -2.35. The zero-order chi connectivity index (χ0) is 21.8. The summed E-state index contributed by atoms with van der Waals surface area (Å²) in [7, 11) is 0. The Morgan fingerprint density at radius 3 is 2.40 bits per heavy atom. The van der Waals surface area contributed by atoms with Gasteiger partial charge in [0.2, 0.25) is 0 Å². The molecule has 2 heterocycles. The number of likely N-dealkylation sites (tertiary alicyclic amines) is 1. The van der Waals surface area contributed by atoms with E-state index in [0.29, 0.717) is 22.6 Å². The van der Waals surface area contributed by atoms with Crippen molar-refractivity contribution in [3.63, 3.8) is 0 Å². The number of aromatic nitrogens is 1. The number of piperidine rings is 1. The highest BCUT2D eigenvalue weighted by atomic mass is 35.5. The number of carbonyl (C=O) groups is 2. The third-order valence-corrected chi connectivity index (χ3v) is 6.07. The van der Waals surface area contributed by atoms with Gasteiger partial charge in [-0.15, -0.1) is 11.8 Å². The first-order valence-corrected chi connectivity index (χ1v) is 11.0. The lowest BCUT2D eigenvalue weighted by molar-refractivity contribution is -0.904. The number of hydrogen-bond donors (Lipinski definition) is 2. The molecule has 1 aliphatic heterocycles. The first-order valence-electron chi connectivity index (χ1n) is 9.71. The average Bonchev–Trinajstić information content (AvgIpc) is 2.73. The third kappa shape index (κ3) is 9.91. The molecule has 0 bridgehead atoms. The predicted molar refractivity (Wildman–Crippen MR) is 116 cm³/mol. The number of pyridine rings is 1. The van der Waals surface area contributed by atoms with Crippen LogP contribution in [0.1, 0.15) is 18.4 Å². The minimum Gasteiger partial charge on any atom is -0.545 e. The summed E-state index contributed by atoms with van der Waals surface area (Å²) in [6, 6.07) is 16.7. The van der Waals surface area contributed by atoms with E-state index in [2.05, 4.69) is 41.4 Å². The smallest absolute Gasteiger partial charge is 0.328 e. The Morgan fingerprint density at radius 1 is 1.13 bits per heavy atom. The molecule has 1 saturated heterocycles. The second-order valence-electron chi connectivity index (χ2n) is 6.84. The van der Waals surface area contributed by atoms with E-state index < -0.39 is 11.9 Å². The van der Waals surface area contributed by atoms with Gasteiger partial charge in [0.25, 0.3) is 0 Å². The first kappa shape index (κ1) is 23.9. The van der Waals surface area contributed by atoms with Gasteiger partial charge in [-0.1, -0.05) is 48.0 Å². The maximum atomic E-state index is 9.53. The van der Waals surface area contributed by atoms with Gasteiger partial charge in [0.1, 0.15) is 5.15 Å². The summed E-state index contributed by atoms with van der Waals surface area (Å²) in [6.45, 7) is 3.78. The quantitative estimate of drug-likeness (QED) is 0.492. The van der Waals surface area contributed by atoms with Gasteiger partial charge in [0.15, 0.2) is 0 Å². The lowest BCUT2D eigenvalue weighted by atomic mass is 10.1. The molecule has 0 spiro atoms. The second-order valence-corrected chi connectivity index (χ2v) is 8.55. The molecule has 1 fully saturated rings. The summed E-state index contributed by atoms with van der Waals surface area (Å²) in [5.74, 6) is -2.80. The van der Waals surface area contributed by atoms with Crippen LogP contribution in [-0.4, -0.2) is 46.9 Å². The standard InChI is InChI=1S/C18H21ClN2S.C4H4O4/c19-17-7-4-8-18(20-17)22-16-10-13-21(14-11-16)12-9-15-5-2-1-3-6-15;5-3(6)1-2-4(7)8/h1-8,16H,9-14H2;1-2H,(H,5,6)(H,7,8)/b;2-1+. The molecule has 2 aromatic rings. The van der Waals surface area contributed by atoms with Gasteiger partial charge in [-0.25, -0.2) is 9.78 Å². The van der Waals surface area contributed by atoms with Crippen LogP contribution in [0, 0.1) is 0 Å². The van der Waals surface area contributed by atoms with Crippen molar-refractivity contribution < 1.29 is 24.7 Å². The van der Waals surface area contributed by atoms with Gasteiger partial charge in [-0.3, -0.25) is 0 Å². The molecule has 0 unspecified atom stereocenters. The molecule has 3 rings (SSSR count). The highest BCUT2D eigenvalue weighted by molar-refractivity contribution is 7.99. The second kappa shape index (κ2) is 13.1. The Balaban J connectivity index is 0.000000343. The summed E-state index contributed by atoms with van der Waals surface area (Å²) in [4.78, 5) is 25.1. The van der Waals surface area contributed by atoms with Crippen LogP contribution in [0.15, 0.2) is 65.7 Å². The Kier molecular flexibility index (Phi) is 10.4. The van der Waals surface area contributed by atoms with Crippen LogP contribution in [-0.2, 0) is 16.0 Å². The van der Waals surface area contributed by atoms with Gasteiger partial charge >= 0.3 is 5.97 Å². The molecule has 0 radical (unpaired) electrons. The van der Waals surface area contributed by atoms with E-state index in [9.17, 15) is 14.7 Å². The zero-order valence-corrected chi connectivity index (χ0v) is 18.1. The Morgan fingerprint density at radius 2 is 1.83 bits per heavy atom. The number of hydrogen-bond acceptors (Lipinski definition) is 5. The Bertz CT molecular complexity index is 824. The number of benzene rings is 1. The highest BCUT2D eigenvalue weighted by Crippen LogP contribution is 2.27. The molecule has 1 aromatic heterocycles. The lowest BCUT2D eigenvalue weighted by Crippen LogP contribution is -3.13. The van der Waals surface area contributed by atoms with Crippen molar-refractivity contribution in [3.8, 4) is 0 Å². The summed E-state index contributed by atoms with van der Waals surface area (Å²) < 4.78 is 0. The van der Waals surface area contributed by atoms with Gasteiger partial charge in [-0.05, 0) is 23.8 Å². The molecule has 1 aliphatic rings. The van der Waals surface area contributed by atoms with Crippen molar-refractivity contribution in [2.45, 2.75) is 29.5 Å². The molecule has 1 aromatic carbocycles. The molecule has 6 nitrogen and oxygen atoms in total. The fraction of sp³-hybridized carbons (Fsp3) is 0.318. The fourth-order valence-electron chi connectivity index (χ4n) is 3.10. The number of aliphatic carboxylic acids is 2. The third-order valence-electron chi connectivity index (χ3n) is 4.59. The van der Waals surface area contributed by atoms with Crippen LogP contribution in [0.25, 0.3) is 0 Å². The monoisotopic (exact) mass is 448 g/mol. The SMILES string of the molecule is Clc1cccc(SC2CC[NH+](CCc3ccccc3)CC2)n1.O=C([O-])/C=C/C(=O)O. The van der Waals surface area contributed by atoms with E-state index in [1.54, 1.807) is 4.90 Å². The number of nitrogens with zero attached hydrogens (tertiary/aromatic N) is 1. The van der Waals surface area contributed by atoms with Crippen molar-refractivity contribution in [2.24, 2.45) is 0 Å². The summed E-state index contributed by atoms with van der Waals surface area (Å²) in [5.41, 5.74) is 1.45. The van der Waals surface area contributed by atoms with Crippen molar-refractivity contribution in [1.29, 1.82) is 0 Å². The topological polar surface area (TPSA) is 94.8 Å². The van der Waals surface area contributed by atoms with Crippen LogP contribution in [0.3, 0.4) is 0 Å². The normalized spacial score (nSPS) is 18.4. The van der Waals surface area contributed by atoms with E-state index >= 15 is 0 Å². The number of nitrogens with one attached hydrogen (secondary N) is 1. The predicted octanol–water partition coefficient (Wildman–Crippen LogP) is 1.49. The van der Waals surface area contributed by atoms with E-state index in [1.807, 2.05) is 23.9 Å². The number of thioether (sulfide) groups is 1. The molecular weight excluding hydrogens is 424 g/mol. The van der Waals surface area contributed by atoms with Crippen LogP contribution >= 0.6 is 23.4 Å². The zero-order valence-electron chi connectivity index (χ0n) is 16.5. The molecule has 0 amide bonds. The molecule has 0 atom stereocenters. The largest absolute Gasteiger partial charge is 0.545 e. The van der Waals surface area contributed by atoms with Crippen molar-refractivity contribution in [2.75, 3.05) is 19.6 Å². The highest BCUT2D eigenvalue weighted by Gasteiger charge is 2.23. The maximum Gasteiger partial charge on any atom is 0.328 e. The van der Waals surface area contributed by atoms with Crippen molar-refractivity contribution >= 4 is 35.3 Å². The van der Waals surface area contributed by atoms with Crippen LogP contribution in [0.5, 0.6) is 0 Å². The number of carbonyl (C=O) groups excluding carboxylic acids is 1. The van der Waals surface area contributed by atoms with E-state index in [1.165, 1.54) is 44.5 Å².